The number of hydrogen-bond donors (Lipinski definition) is 1. The molecule has 1 aromatic carbocycles. The average molecular weight is 272 g/mol. The molecule has 1 N–H and O–H groups in total. The zero-order valence-corrected chi connectivity index (χ0v) is 12.4. The molecule has 1 aliphatic carbocycles. The van der Waals surface area contributed by atoms with Crippen LogP contribution in [0.25, 0.3) is 0 Å². The maximum absolute atomic E-state index is 12.8. The second-order valence-electron chi connectivity index (χ2n) is 6.33. The molecule has 1 saturated heterocycles. The Labute approximate surface area is 121 Å². The highest BCUT2D eigenvalue weighted by molar-refractivity contribution is 5.97. The summed E-state index contributed by atoms with van der Waals surface area (Å²) in [5.41, 5.74) is 2.19. The van der Waals surface area contributed by atoms with Gasteiger partial charge in [0.25, 0.3) is 0 Å². The Bertz CT molecular complexity index is 500. The van der Waals surface area contributed by atoms with E-state index in [0.29, 0.717) is 11.8 Å². The van der Waals surface area contributed by atoms with Crippen LogP contribution < -0.4 is 10.2 Å². The molecule has 2 fully saturated rings. The Kier molecular flexibility index (Phi) is 3.79. The number of benzene rings is 1. The molecular weight excluding hydrogens is 248 g/mol. The maximum Gasteiger partial charge on any atom is 0.244 e. The van der Waals surface area contributed by atoms with Gasteiger partial charge in [-0.3, -0.25) is 4.79 Å². The molecule has 108 valence electrons. The molecule has 1 saturated carbocycles. The van der Waals surface area contributed by atoms with E-state index in [0.717, 1.165) is 12.2 Å². The summed E-state index contributed by atoms with van der Waals surface area (Å²) >= 11 is 0. The van der Waals surface area contributed by atoms with Crippen LogP contribution in [0, 0.1) is 18.8 Å². The van der Waals surface area contributed by atoms with Gasteiger partial charge in [0.15, 0.2) is 0 Å². The number of nitrogens with one attached hydrogen (secondary N) is 1. The molecule has 3 nitrogen and oxygen atoms in total. The predicted molar refractivity (Wildman–Crippen MR) is 81.8 cm³/mol. The summed E-state index contributed by atoms with van der Waals surface area (Å²) in [5, 5.41) is 3.47. The van der Waals surface area contributed by atoms with Crippen molar-refractivity contribution in [2.24, 2.45) is 11.8 Å². The number of rotatable bonds is 2. The lowest BCUT2D eigenvalue weighted by atomic mass is 9.78. The van der Waals surface area contributed by atoms with Gasteiger partial charge in [0.2, 0.25) is 5.91 Å². The molecule has 1 aliphatic heterocycles. The number of fused-ring (bicyclic) bond motifs is 1. The third-order valence-electron chi connectivity index (χ3n) is 4.98. The topological polar surface area (TPSA) is 32.3 Å². The lowest BCUT2D eigenvalue weighted by molar-refractivity contribution is -0.121. The van der Waals surface area contributed by atoms with Crippen LogP contribution in [0.4, 0.5) is 5.69 Å². The summed E-state index contributed by atoms with van der Waals surface area (Å²) in [6.45, 7) is 3.08. The van der Waals surface area contributed by atoms with Crippen molar-refractivity contribution in [3.63, 3.8) is 0 Å². The van der Waals surface area contributed by atoms with E-state index in [2.05, 4.69) is 24.4 Å². The summed E-state index contributed by atoms with van der Waals surface area (Å²) in [7, 11) is 1.90. The van der Waals surface area contributed by atoms with Gasteiger partial charge in [-0.05, 0) is 55.8 Å². The largest absolute Gasteiger partial charge is 0.314 e. The monoisotopic (exact) mass is 272 g/mol. The molecule has 0 bridgehead atoms. The van der Waals surface area contributed by atoms with Crippen LogP contribution in [0.3, 0.4) is 0 Å². The Morgan fingerprint density at radius 3 is 2.90 bits per heavy atom. The Hall–Kier alpha value is -1.35. The Balaban J connectivity index is 1.75. The van der Waals surface area contributed by atoms with Gasteiger partial charge in [-0.2, -0.15) is 0 Å². The van der Waals surface area contributed by atoms with Gasteiger partial charge < -0.3 is 10.2 Å². The van der Waals surface area contributed by atoms with Crippen molar-refractivity contribution in [1.82, 2.24) is 5.32 Å². The van der Waals surface area contributed by atoms with Crippen LogP contribution in [-0.2, 0) is 4.79 Å². The summed E-state index contributed by atoms with van der Waals surface area (Å²) in [5.74, 6) is 1.48. The van der Waals surface area contributed by atoms with E-state index in [1.54, 1.807) is 0 Å². The second-order valence-corrected chi connectivity index (χ2v) is 6.33. The van der Waals surface area contributed by atoms with E-state index in [1.807, 2.05) is 24.1 Å². The lowest BCUT2D eigenvalue weighted by Gasteiger charge is -2.30. The van der Waals surface area contributed by atoms with Crippen molar-refractivity contribution < 1.29 is 4.79 Å². The van der Waals surface area contributed by atoms with Crippen LogP contribution in [0.1, 0.15) is 31.2 Å². The zero-order chi connectivity index (χ0) is 14.1. The first-order valence-corrected chi connectivity index (χ1v) is 7.74. The SMILES string of the molecule is Cc1cccc(N(C)C(=O)[C@H]2NCC3CCCCC32)c1. The molecular formula is C17H24N2O. The number of carbonyl (C=O) groups excluding carboxylic acids is 1. The summed E-state index contributed by atoms with van der Waals surface area (Å²) in [4.78, 5) is 14.6. The van der Waals surface area contributed by atoms with Crippen LogP contribution in [-0.4, -0.2) is 25.5 Å². The number of nitrogens with zero attached hydrogens (tertiary/aromatic N) is 1. The molecule has 0 radical (unpaired) electrons. The van der Waals surface area contributed by atoms with Crippen molar-refractivity contribution in [2.45, 2.75) is 38.6 Å². The van der Waals surface area contributed by atoms with Crippen molar-refractivity contribution in [1.29, 1.82) is 0 Å². The predicted octanol–water partition coefficient (Wildman–Crippen LogP) is 2.74. The van der Waals surface area contributed by atoms with Gasteiger partial charge in [-0.25, -0.2) is 0 Å². The van der Waals surface area contributed by atoms with Crippen LogP contribution >= 0.6 is 0 Å². The normalized spacial score (nSPS) is 29.0. The third kappa shape index (κ3) is 2.47. The molecule has 3 atom stereocenters. The van der Waals surface area contributed by atoms with Crippen molar-refractivity contribution in [3.05, 3.63) is 29.8 Å². The minimum absolute atomic E-state index is 0.0193. The Morgan fingerprint density at radius 2 is 2.10 bits per heavy atom. The minimum atomic E-state index is 0.0193. The first kappa shape index (κ1) is 13.6. The van der Waals surface area contributed by atoms with Crippen LogP contribution in [0.2, 0.25) is 0 Å². The highest BCUT2D eigenvalue weighted by Crippen LogP contribution is 2.36. The number of anilines is 1. The lowest BCUT2D eigenvalue weighted by Crippen LogP contribution is -2.45. The van der Waals surface area contributed by atoms with Crippen molar-refractivity contribution in [3.8, 4) is 0 Å². The smallest absolute Gasteiger partial charge is 0.244 e. The molecule has 1 aromatic rings. The molecule has 3 heteroatoms. The summed E-state index contributed by atoms with van der Waals surface area (Å²) in [6.07, 6.45) is 5.10. The van der Waals surface area contributed by atoms with E-state index in [1.165, 1.54) is 31.2 Å². The average Bonchev–Trinajstić information content (AvgIpc) is 2.89. The minimum Gasteiger partial charge on any atom is -0.314 e. The van der Waals surface area contributed by atoms with E-state index in [-0.39, 0.29) is 11.9 Å². The number of aryl methyl sites for hydroxylation is 1. The third-order valence-corrected chi connectivity index (χ3v) is 4.98. The summed E-state index contributed by atoms with van der Waals surface area (Å²) in [6, 6.07) is 8.18. The highest BCUT2D eigenvalue weighted by atomic mass is 16.2. The van der Waals surface area contributed by atoms with E-state index >= 15 is 0 Å². The van der Waals surface area contributed by atoms with Gasteiger partial charge in [0.05, 0.1) is 6.04 Å². The second kappa shape index (κ2) is 5.57. The number of hydrogen-bond acceptors (Lipinski definition) is 2. The summed E-state index contributed by atoms with van der Waals surface area (Å²) < 4.78 is 0. The maximum atomic E-state index is 12.8. The fourth-order valence-corrected chi connectivity index (χ4v) is 3.80. The molecule has 20 heavy (non-hydrogen) atoms. The molecule has 0 aromatic heterocycles. The van der Waals surface area contributed by atoms with E-state index in [9.17, 15) is 4.79 Å². The molecule has 2 unspecified atom stereocenters. The van der Waals surface area contributed by atoms with Gasteiger partial charge >= 0.3 is 0 Å². The molecule has 1 amide bonds. The molecule has 2 aliphatic rings. The number of carbonyl (C=O) groups is 1. The van der Waals surface area contributed by atoms with Crippen molar-refractivity contribution in [2.75, 3.05) is 18.5 Å². The van der Waals surface area contributed by atoms with Crippen LogP contribution in [0.15, 0.2) is 24.3 Å². The number of likely N-dealkylation sites (N-methyl/N-ethyl adjacent to an activating group) is 1. The zero-order valence-electron chi connectivity index (χ0n) is 12.4. The first-order chi connectivity index (χ1) is 9.66. The number of amides is 1. The quantitative estimate of drug-likeness (QED) is 0.898. The van der Waals surface area contributed by atoms with Crippen LogP contribution in [0.5, 0.6) is 0 Å². The fraction of sp³-hybridized carbons (Fsp3) is 0.588. The van der Waals surface area contributed by atoms with Gasteiger partial charge in [0.1, 0.15) is 0 Å². The first-order valence-electron chi connectivity index (χ1n) is 7.74. The molecule has 0 spiro atoms. The van der Waals surface area contributed by atoms with E-state index in [4.69, 9.17) is 0 Å². The standard InChI is InChI=1S/C17H24N2O/c1-12-6-5-8-14(10-12)19(2)17(20)16-15-9-4-3-7-13(15)11-18-16/h5-6,8,10,13,15-16,18H,3-4,7,9,11H2,1-2H3/t13?,15?,16-/m0/s1. The highest BCUT2D eigenvalue weighted by Gasteiger charge is 2.41. The van der Waals surface area contributed by atoms with Gasteiger partial charge in [-0.15, -0.1) is 0 Å². The molecule has 3 rings (SSSR count). The molecule has 1 heterocycles. The van der Waals surface area contributed by atoms with Gasteiger partial charge in [0, 0.05) is 12.7 Å². The van der Waals surface area contributed by atoms with Crippen molar-refractivity contribution >= 4 is 11.6 Å². The van der Waals surface area contributed by atoms with E-state index < -0.39 is 0 Å². The fourth-order valence-electron chi connectivity index (χ4n) is 3.80. The Morgan fingerprint density at radius 1 is 1.30 bits per heavy atom. The van der Waals surface area contributed by atoms with Gasteiger partial charge in [-0.1, -0.05) is 25.0 Å².